The number of carbonyl (C=O) groups is 2. The minimum Gasteiger partial charge on any atom is -0.493 e. The van der Waals surface area contributed by atoms with Gasteiger partial charge in [-0.2, -0.15) is 5.26 Å². The van der Waals surface area contributed by atoms with E-state index in [0.717, 1.165) is 31.7 Å². The van der Waals surface area contributed by atoms with E-state index in [9.17, 15) is 9.59 Å². The normalized spacial score (nSPS) is 13.8. The topological polar surface area (TPSA) is 82.9 Å². The summed E-state index contributed by atoms with van der Waals surface area (Å²) in [6.45, 7) is 4.98. The molecule has 1 fully saturated rings. The Bertz CT molecular complexity index is 982. The Morgan fingerprint density at radius 1 is 1.03 bits per heavy atom. The lowest BCUT2D eigenvalue weighted by molar-refractivity contribution is -0.131. The molecule has 168 valence electrons. The first kappa shape index (κ1) is 23.1. The van der Waals surface area contributed by atoms with Crippen molar-refractivity contribution in [3.63, 3.8) is 0 Å². The fourth-order valence-corrected chi connectivity index (χ4v) is 3.74. The first-order valence-corrected chi connectivity index (χ1v) is 10.9. The fourth-order valence-electron chi connectivity index (χ4n) is 3.74. The summed E-state index contributed by atoms with van der Waals surface area (Å²) in [5.74, 6) is 1.18. The molecular formula is C25H29N3O4. The number of ketones is 1. The predicted molar refractivity (Wildman–Crippen MR) is 122 cm³/mol. The maximum atomic E-state index is 12.7. The van der Waals surface area contributed by atoms with Crippen molar-refractivity contribution in [2.75, 3.05) is 44.8 Å². The summed E-state index contributed by atoms with van der Waals surface area (Å²) in [5, 5.41) is 8.95. The van der Waals surface area contributed by atoms with Crippen LogP contribution in [0.3, 0.4) is 0 Å². The van der Waals surface area contributed by atoms with Crippen LogP contribution in [-0.4, -0.2) is 56.5 Å². The van der Waals surface area contributed by atoms with E-state index in [4.69, 9.17) is 14.7 Å². The second kappa shape index (κ2) is 11.2. The zero-order valence-corrected chi connectivity index (χ0v) is 18.7. The third-order valence-electron chi connectivity index (χ3n) is 5.57. The molecule has 0 radical (unpaired) electrons. The van der Waals surface area contributed by atoms with Crippen LogP contribution in [0.15, 0.2) is 42.5 Å². The average molecular weight is 436 g/mol. The second-order valence-electron chi connectivity index (χ2n) is 7.75. The summed E-state index contributed by atoms with van der Waals surface area (Å²) in [6.07, 6.45) is 1.93. The van der Waals surface area contributed by atoms with E-state index in [0.29, 0.717) is 48.6 Å². The molecule has 32 heavy (non-hydrogen) atoms. The second-order valence-corrected chi connectivity index (χ2v) is 7.75. The number of amides is 1. The van der Waals surface area contributed by atoms with Gasteiger partial charge in [-0.1, -0.05) is 0 Å². The zero-order valence-electron chi connectivity index (χ0n) is 18.7. The number of hydrogen-bond acceptors (Lipinski definition) is 6. The Morgan fingerprint density at radius 3 is 2.50 bits per heavy atom. The summed E-state index contributed by atoms with van der Waals surface area (Å²) in [5.41, 5.74) is 2.30. The number of carbonyl (C=O) groups excluding carboxylic acids is 2. The molecule has 1 saturated heterocycles. The monoisotopic (exact) mass is 435 g/mol. The summed E-state index contributed by atoms with van der Waals surface area (Å²) >= 11 is 0. The molecule has 0 saturated carbocycles. The number of hydrogen-bond donors (Lipinski definition) is 0. The van der Waals surface area contributed by atoms with Gasteiger partial charge in [0.1, 0.15) is 0 Å². The summed E-state index contributed by atoms with van der Waals surface area (Å²) in [7, 11) is 1.54. The molecule has 0 spiro atoms. The molecule has 1 heterocycles. The molecule has 7 nitrogen and oxygen atoms in total. The molecule has 0 bridgehead atoms. The van der Waals surface area contributed by atoms with Crippen molar-refractivity contribution < 1.29 is 19.1 Å². The van der Waals surface area contributed by atoms with Gasteiger partial charge in [0.2, 0.25) is 5.91 Å². The van der Waals surface area contributed by atoms with Gasteiger partial charge >= 0.3 is 0 Å². The predicted octanol–water partition coefficient (Wildman–Crippen LogP) is 3.67. The van der Waals surface area contributed by atoms with Crippen LogP contribution in [0.4, 0.5) is 5.69 Å². The van der Waals surface area contributed by atoms with Crippen molar-refractivity contribution in [1.29, 1.82) is 5.26 Å². The molecule has 0 N–H and O–H groups in total. The quantitative estimate of drug-likeness (QED) is 0.465. The Hall–Kier alpha value is -3.53. The van der Waals surface area contributed by atoms with Crippen LogP contribution < -0.4 is 14.4 Å². The van der Waals surface area contributed by atoms with Gasteiger partial charge in [-0.15, -0.1) is 0 Å². The molecular weight excluding hydrogens is 406 g/mol. The Balaban J connectivity index is 1.45. The van der Waals surface area contributed by atoms with E-state index in [2.05, 4.69) is 11.0 Å². The lowest BCUT2D eigenvalue weighted by Crippen LogP contribution is -2.35. The molecule has 2 aromatic rings. The van der Waals surface area contributed by atoms with Crippen LogP contribution in [-0.2, 0) is 4.79 Å². The van der Waals surface area contributed by atoms with Gasteiger partial charge in [0.05, 0.1) is 25.3 Å². The molecule has 0 aliphatic carbocycles. The van der Waals surface area contributed by atoms with Crippen molar-refractivity contribution in [2.24, 2.45) is 0 Å². The summed E-state index contributed by atoms with van der Waals surface area (Å²) in [4.78, 5) is 28.4. The lowest BCUT2D eigenvalue weighted by atomic mass is 10.1. The fraction of sp³-hybridized carbons (Fsp3) is 0.400. The van der Waals surface area contributed by atoms with Crippen LogP contribution >= 0.6 is 0 Å². The van der Waals surface area contributed by atoms with Gasteiger partial charge < -0.3 is 19.3 Å². The van der Waals surface area contributed by atoms with Gasteiger partial charge in [0.15, 0.2) is 17.3 Å². The minimum absolute atomic E-state index is 0.0318. The number of ether oxygens (including phenoxy) is 2. The Kier molecular flexibility index (Phi) is 8.09. The Morgan fingerprint density at radius 2 is 1.81 bits per heavy atom. The highest BCUT2D eigenvalue weighted by Crippen LogP contribution is 2.28. The number of anilines is 1. The standard InChI is InChI=1S/C25H29N3O4/c1-19(29)21-8-11-23(24(17-21)31-2)32-16-3-5-25(30)28-13-4-12-27(14-15-28)22-9-6-20(18-26)7-10-22/h6-11,17H,3-5,12-16H2,1-2H3. The van der Waals surface area contributed by atoms with Crippen LogP contribution in [0, 0.1) is 11.3 Å². The van der Waals surface area contributed by atoms with E-state index in [1.54, 1.807) is 18.2 Å². The van der Waals surface area contributed by atoms with E-state index in [1.165, 1.54) is 14.0 Å². The third kappa shape index (κ3) is 6.01. The highest BCUT2D eigenvalue weighted by Gasteiger charge is 2.19. The van der Waals surface area contributed by atoms with Gasteiger partial charge in [0, 0.05) is 43.9 Å². The first-order chi connectivity index (χ1) is 15.5. The smallest absolute Gasteiger partial charge is 0.222 e. The van der Waals surface area contributed by atoms with Crippen molar-refractivity contribution in [2.45, 2.75) is 26.2 Å². The van der Waals surface area contributed by atoms with Crippen molar-refractivity contribution in [3.8, 4) is 17.6 Å². The van der Waals surface area contributed by atoms with Gasteiger partial charge in [-0.05, 0) is 62.2 Å². The first-order valence-electron chi connectivity index (χ1n) is 10.9. The van der Waals surface area contributed by atoms with E-state index >= 15 is 0 Å². The van der Waals surface area contributed by atoms with Gasteiger partial charge in [-0.3, -0.25) is 9.59 Å². The van der Waals surface area contributed by atoms with Crippen LogP contribution in [0.5, 0.6) is 11.5 Å². The molecule has 1 aliphatic rings. The molecule has 7 heteroatoms. The van der Waals surface area contributed by atoms with Crippen LogP contribution in [0.2, 0.25) is 0 Å². The molecule has 1 aliphatic heterocycles. The average Bonchev–Trinajstić information content (AvgIpc) is 3.08. The number of nitriles is 1. The highest BCUT2D eigenvalue weighted by atomic mass is 16.5. The maximum Gasteiger partial charge on any atom is 0.222 e. The molecule has 0 aromatic heterocycles. The summed E-state index contributed by atoms with van der Waals surface area (Å²) in [6, 6.07) is 14.8. The van der Waals surface area contributed by atoms with E-state index in [1.807, 2.05) is 29.2 Å². The largest absolute Gasteiger partial charge is 0.493 e. The van der Waals surface area contributed by atoms with E-state index in [-0.39, 0.29) is 11.7 Å². The molecule has 3 rings (SSSR count). The molecule has 0 unspecified atom stereocenters. The van der Waals surface area contributed by atoms with Crippen molar-refractivity contribution >= 4 is 17.4 Å². The van der Waals surface area contributed by atoms with Gasteiger partial charge in [0.25, 0.3) is 0 Å². The number of benzene rings is 2. The van der Waals surface area contributed by atoms with Crippen molar-refractivity contribution in [3.05, 3.63) is 53.6 Å². The zero-order chi connectivity index (χ0) is 22.9. The Labute approximate surface area is 189 Å². The lowest BCUT2D eigenvalue weighted by Gasteiger charge is -2.24. The number of nitrogens with zero attached hydrogens (tertiary/aromatic N) is 3. The highest BCUT2D eigenvalue weighted by molar-refractivity contribution is 5.94. The maximum absolute atomic E-state index is 12.7. The molecule has 1 amide bonds. The van der Waals surface area contributed by atoms with Crippen LogP contribution in [0.25, 0.3) is 0 Å². The van der Waals surface area contributed by atoms with Gasteiger partial charge in [-0.25, -0.2) is 0 Å². The SMILES string of the molecule is COc1cc(C(C)=O)ccc1OCCCC(=O)N1CCCN(c2ccc(C#N)cc2)CC1. The molecule has 0 atom stereocenters. The minimum atomic E-state index is -0.0318. The number of Topliss-reactive ketones (excluding diaryl/α,β-unsaturated/α-hetero) is 1. The third-order valence-corrected chi connectivity index (χ3v) is 5.57. The van der Waals surface area contributed by atoms with Crippen LogP contribution in [0.1, 0.15) is 42.1 Å². The summed E-state index contributed by atoms with van der Waals surface area (Å²) < 4.78 is 11.1. The number of methoxy groups -OCH3 is 1. The molecule has 2 aromatic carbocycles. The van der Waals surface area contributed by atoms with Crippen molar-refractivity contribution in [1.82, 2.24) is 4.90 Å². The number of rotatable bonds is 8. The van der Waals surface area contributed by atoms with E-state index < -0.39 is 0 Å².